The van der Waals surface area contributed by atoms with Crippen LogP contribution in [0.3, 0.4) is 0 Å². The van der Waals surface area contributed by atoms with Crippen molar-refractivity contribution in [2.45, 2.75) is 127 Å². The molecule has 0 radical (unpaired) electrons. The van der Waals surface area contributed by atoms with Gasteiger partial charge in [-0.1, -0.05) is 162 Å². The Balaban J connectivity index is 1.12. The van der Waals surface area contributed by atoms with E-state index in [4.69, 9.17) is 0 Å². The number of rotatable bonds is 4. The van der Waals surface area contributed by atoms with Gasteiger partial charge in [0.2, 0.25) is 0 Å². The van der Waals surface area contributed by atoms with E-state index < -0.39 is 0 Å². The molecule has 60 heavy (non-hydrogen) atoms. The van der Waals surface area contributed by atoms with Crippen LogP contribution in [0, 0.1) is 0 Å². The summed E-state index contributed by atoms with van der Waals surface area (Å²) in [5, 5.41) is 5.34. The van der Waals surface area contributed by atoms with Crippen LogP contribution < -0.4 is 9.80 Å². The van der Waals surface area contributed by atoms with Crippen LogP contribution >= 0.6 is 0 Å². The lowest BCUT2D eigenvalue weighted by Crippen LogP contribution is -2.53. The van der Waals surface area contributed by atoms with E-state index in [2.05, 4.69) is 183 Å². The van der Waals surface area contributed by atoms with Crippen molar-refractivity contribution in [1.82, 2.24) is 0 Å². The van der Waals surface area contributed by atoms with Crippen molar-refractivity contribution in [2.24, 2.45) is 0 Å². The molecule has 0 amide bonds. The lowest BCUT2D eigenvalue weighted by atomic mass is 9.63. The second-order valence-corrected chi connectivity index (χ2v) is 19.7. The zero-order chi connectivity index (χ0) is 40.7. The summed E-state index contributed by atoms with van der Waals surface area (Å²) in [4.78, 5) is 5.45. The lowest BCUT2D eigenvalue weighted by molar-refractivity contribution is 0.218. The first-order valence-electron chi connectivity index (χ1n) is 23.2. The molecular weight excluding hydrogens is 725 g/mol. The van der Waals surface area contributed by atoms with Crippen LogP contribution in [0.1, 0.15) is 116 Å². The standard InChI is InChI=1S/C58H60N2/c1-55-35-19-5-7-21-37-57(55,3)59(43-23-11-9-12-24-43)51-33-31-41(39-49(51)55)53-45-27-15-17-29-47(45)54(48-30-18-16-28-46(48)53)42-32-34-52-50(40-42)56(2)36-20-6-8-22-38-58(56,4)60(52)44-25-13-10-14-26-44/h9-18,23-34,39-40H,5-8,19-22,35-38H2,1-4H3. The largest absolute Gasteiger partial charge is 0.334 e. The van der Waals surface area contributed by atoms with E-state index in [1.165, 1.54) is 155 Å². The summed E-state index contributed by atoms with van der Waals surface area (Å²) in [5.74, 6) is 0. The molecule has 4 unspecified atom stereocenters. The molecule has 0 bridgehead atoms. The van der Waals surface area contributed by atoms with Crippen LogP contribution in [0.4, 0.5) is 22.7 Å². The maximum absolute atomic E-state index is 2.73. The van der Waals surface area contributed by atoms with E-state index in [-0.39, 0.29) is 21.9 Å². The molecule has 2 heteroatoms. The van der Waals surface area contributed by atoms with Crippen molar-refractivity contribution in [3.8, 4) is 22.3 Å². The minimum Gasteiger partial charge on any atom is -0.334 e. The Bertz CT molecular complexity index is 2510. The fourth-order valence-corrected chi connectivity index (χ4v) is 13.2. The van der Waals surface area contributed by atoms with Gasteiger partial charge in [0.1, 0.15) is 0 Å². The second-order valence-electron chi connectivity index (χ2n) is 19.7. The monoisotopic (exact) mass is 784 g/mol. The maximum atomic E-state index is 2.73. The molecule has 2 heterocycles. The van der Waals surface area contributed by atoms with Crippen LogP contribution in [-0.2, 0) is 10.8 Å². The quantitative estimate of drug-likeness (QED) is 0.164. The summed E-state index contributed by atoms with van der Waals surface area (Å²) in [6, 6.07) is 56.1. The van der Waals surface area contributed by atoms with Crippen molar-refractivity contribution in [3.63, 3.8) is 0 Å². The van der Waals surface area contributed by atoms with Gasteiger partial charge in [-0.3, -0.25) is 0 Å². The molecular formula is C58H60N2. The summed E-state index contributed by atoms with van der Waals surface area (Å²) in [5.41, 5.74) is 13.9. The molecule has 0 aromatic heterocycles. The molecule has 0 N–H and O–H groups in total. The predicted octanol–water partition coefficient (Wildman–Crippen LogP) is 16.4. The number of hydrogen-bond acceptors (Lipinski definition) is 2. The van der Waals surface area contributed by atoms with Gasteiger partial charge in [-0.25, -0.2) is 0 Å². The smallest absolute Gasteiger partial charge is 0.0517 e. The van der Waals surface area contributed by atoms with Crippen molar-refractivity contribution >= 4 is 44.3 Å². The van der Waals surface area contributed by atoms with Crippen LogP contribution in [0.5, 0.6) is 0 Å². The van der Waals surface area contributed by atoms with Gasteiger partial charge in [0.05, 0.1) is 11.1 Å². The van der Waals surface area contributed by atoms with Gasteiger partial charge in [-0.05, 0) is 143 Å². The molecule has 0 saturated heterocycles. The Morgan fingerprint density at radius 2 is 0.683 bits per heavy atom. The second kappa shape index (κ2) is 14.1. The Hall–Kier alpha value is -5.34. The molecule has 7 aromatic carbocycles. The third kappa shape index (κ3) is 5.31. The highest BCUT2D eigenvalue weighted by Crippen LogP contribution is 2.62. The zero-order valence-electron chi connectivity index (χ0n) is 36.2. The van der Waals surface area contributed by atoms with E-state index in [1.54, 1.807) is 0 Å². The minimum absolute atomic E-state index is 0.00340. The summed E-state index contributed by atoms with van der Waals surface area (Å²) in [6.07, 6.45) is 15.2. The molecule has 4 aliphatic rings. The summed E-state index contributed by atoms with van der Waals surface area (Å²) >= 11 is 0. The van der Waals surface area contributed by atoms with Crippen molar-refractivity contribution in [1.29, 1.82) is 0 Å². The van der Waals surface area contributed by atoms with Crippen LogP contribution in [0.25, 0.3) is 43.8 Å². The Morgan fingerprint density at radius 1 is 0.350 bits per heavy atom. The fourth-order valence-electron chi connectivity index (χ4n) is 13.2. The van der Waals surface area contributed by atoms with Crippen LogP contribution in [-0.4, -0.2) is 11.1 Å². The first-order valence-corrected chi connectivity index (χ1v) is 23.2. The molecule has 7 aromatic rings. The van der Waals surface area contributed by atoms with E-state index in [1.807, 2.05) is 0 Å². The van der Waals surface area contributed by atoms with Crippen molar-refractivity contribution in [2.75, 3.05) is 9.80 Å². The molecule has 2 aliphatic heterocycles. The molecule has 2 aliphatic carbocycles. The van der Waals surface area contributed by atoms with Gasteiger partial charge in [0.15, 0.2) is 0 Å². The summed E-state index contributed by atoms with van der Waals surface area (Å²) in [7, 11) is 0. The number of nitrogens with zero attached hydrogens (tertiary/aromatic N) is 2. The highest BCUT2D eigenvalue weighted by molar-refractivity contribution is 6.21. The average Bonchev–Trinajstić information content (AvgIpc) is 3.57. The molecule has 302 valence electrons. The fraction of sp³-hybridized carbons (Fsp3) is 0.345. The van der Waals surface area contributed by atoms with Gasteiger partial charge < -0.3 is 9.80 Å². The Kier molecular flexibility index (Phi) is 8.86. The molecule has 11 rings (SSSR count). The third-order valence-corrected chi connectivity index (χ3v) is 16.7. The van der Waals surface area contributed by atoms with Gasteiger partial charge in [0.25, 0.3) is 0 Å². The highest BCUT2D eigenvalue weighted by atomic mass is 15.3. The molecule has 2 nitrogen and oxygen atoms in total. The van der Waals surface area contributed by atoms with Crippen molar-refractivity contribution < 1.29 is 0 Å². The normalized spacial score (nSPS) is 26.4. The van der Waals surface area contributed by atoms with Gasteiger partial charge >= 0.3 is 0 Å². The van der Waals surface area contributed by atoms with E-state index in [0.29, 0.717) is 0 Å². The van der Waals surface area contributed by atoms with Crippen LogP contribution in [0.15, 0.2) is 146 Å². The highest BCUT2D eigenvalue weighted by Gasteiger charge is 2.57. The topological polar surface area (TPSA) is 6.48 Å². The number of anilines is 4. The molecule has 4 atom stereocenters. The minimum atomic E-state index is -0.00340. The number of fused-ring (bicyclic) bond motifs is 8. The zero-order valence-corrected chi connectivity index (χ0v) is 36.2. The number of benzene rings is 7. The van der Waals surface area contributed by atoms with E-state index in [9.17, 15) is 0 Å². The van der Waals surface area contributed by atoms with Crippen molar-refractivity contribution in [3.05, 3.63) is 157 Å². The maximum Gasteiger partial charge on any atom is 0.0517 e. The SMILES string of the molecule is CC12CCCCCCC1(C)N(c1ccccc1)c1ccc(-c3c4ccccc4c(-c4ccc5c(c4)C4(C)CCCCCCC4(C)N5c4ccccc4)c4ccccc34)cc12. The van der Waals surface area contributed by atoms with Gasteiger partial charge in [0, 0.05) is 33.6 Å². The summed E-state index contributed by atoms with van der Waals surface area (Å²) < 4.78 is 0. The molecule has 2 saturated carbocycles. The number of hydrogen-bond donors (Lipinski definition) is 0. The lowest BCUT2D eigenvalue weighted by Gasteiger charge is -2.48. The van der Waals surface area contributed by atoms with Gasteiger partial charge in [-0.15, -0.1) is 0 Å². The Labute approximate surface area is 358 Å². The van der Waals surface area contributed by atoms with E-state index >= 15 is 0 Å². The summed E-state index contributed by atoms with van der Waals surface area (Å²) in [6.45, 7) is 10.3. The van der Waals surface area contributed by atoms with Gasteiger partial charge in [-0.2, -0.15) is 0 Å². The number of para-hydroxylation sites is 2. The van der Waals surface area contributed by atoms with Crippen LogP contribution in [0.2, 0.25) is 0 Å². The predicted molar refractivity (Wildman–Crippen MR) is 256 cm³/mol. The van der Waals surface area contributed by atoms with E-state index in [0.717, 1.165) is 0 Å². The molecule has 0 spiro atoms. The Morgan fingerprint density at radius 3 is 1.05 bits per heavy atom. The first-order chi connectivity index (χ1) is 29.3. The third-order valence-electron chi connectivity index (χ3n) is 16.7. The first kappa shape index (κ1) is 37.6. The average molecular weight is 785 g/mol. The molecule has 2 fully saturated rings.